The van der Waals surface area contributed by atoms with Crippen molar-refractivity contribution in [2.75, 3.05) is 0 Å². The van der Waals surface area contributed by atoms with Gasteiger partial charge in [0.05, 0.1) is 16.7 Å². The highest BCUT2D eigenvalue weighted by atomic mass is 16.7. The first-order valence-corrected chi connectivity index (χ1v) is 24.5. The fourth-order valence-electron chi connectivity index (χ4n) is 9.37. The van der Waals surface area contributed by atoms with Crippen molar-refractivity contribution in [1.82, 2.24) is 0 Å². The Morgan fingerprint density at radius 2 is 0.542 bits per heavy atom. The van der Waals surface area contributed by atoms with E-state index in [0.717, 1.165) is 27.8 Å². The molecule has 1 saturated carbocycles. The molecule has 6 aromatic carbocycles. The van der Waals surface area contributed by atoms with Gasteiger partial charge < -0.3 is 29.5 Å². The van der Waals surface area contributed by atoms with Crippen LogP contribution in [0.5, 0.6) is 0 Å². The molecule has 6 aromatic rings. The lowest BCUT2D eigenvalue weighted by atomic mass is 9.52. The van der Waals surface area contributed by atoms with Crippen LogP contribution in [-0.4, -0.2) is 85.7 Å². The number of hydrogen-bond acceptors (Lipinski definition) is 12. The van der Waals surface area contributed by atoms with E-state index in [4.69, 9.17) is 14.2 Å². The van der Waals surface area contributed by atoms with Crippen molar-refractivity contribution in [2.45, 2.75) is 115 Å². The number of carbonyl (C=O) groups excluding carboxylic acids is 6. The zero-order chi connectivity index (χ0) is 52.0. The van der Waals surface area contributed by atoms with Crippen molar-refractivity contribution >= 4 is 35.3 Å². The molecule has 1 fully saturated rings. The van der Waals surface area contributed by atoms with Gasteiger partial charge >= 0.3 is 17.9 Å². The molecule has 12 nitrogen and oxygen atoms in total. The van der Waals surface area contributed by atoms with Crippen molar-refractivity contribution in [3.05, 3.63) is 212 Å². The van der Waals surface area contributed by atoms with Crippen LogP contribution in [0.4, 0.5) is 0 Å². The summed E-state index contributed by atoms with van der Waals surface area (Å²) in [6.07, 6.45) is -5.46. The van der Waals surface area contributed by atoms with Crippen molar-refractivity contribution in [2.24, 2.45) is 0 Å². The predicted molar refractivity (Wildman–Crippen MR) is 270 cm³/mol. The summed E-state index contributed by atoms with van der Waals surface area (Å²) in [7, 11) is 0. The van der Waals surface area contributed by atoms with E-state index in [1.165, 1.54) is 72.8 Å². The minimum atomic E-state index is -3.98. The minimum Gasteiger partial charge on any atom is -0.439 e. The molecule has 3 N–H and O–H groups in total. The van der Waals surface area contributed by atoms with Crippen LogP contribution in [0.1, 0.15) is 137 Å². The van der Waals surface area contributed by atoms with E-state index >= 15 is 28.8 Å². The number of ketones is 3. The molecule has 0 heterocycles. The molecule has 0 spiro atoms. The molecule has 12 heteroatoms. The standard InChI is InChI=1S/C60H60O12/c1-7-37-13-25-43(26-14-37)50(62)58(70-55(67)46-31-19-40(10-4)20-32-46)53(65)49(61)54(66)59(51(63)44-27-15-38(8-2)16-28-44,71-56(68)47-33-21-41(11-5)22-34-47)60(58,52(64)45-29-17-39(9-3)18-30-45)72-57(69)48-35-23-42(12-6)24-36-48/h13-36,49,53-54,61,65-66H,7-12H2,1-6H3/t49-,53-,54+,58+,59-,60-. The minimum absolute atomic E-state index is 0.233. The van der Waals surface area contributed by atoms with Crippen LogP contribution in [0.25, 0.3) is 0 Å². The quantitative estimate of drug-likeness (QED) is 0.0422. The molecule has 0 aromatic heterocycles. The van der Waals surface area contributed by atoms with E-state index in [2.05, 4.69) is 0 Å². The highest BCUT2D eigenvalue weighted by Crippen LogP contribution is 2.56. The summed E-state index contributed by atoms with van der Waals surface area (Å²) >= 11 is 0. The van der Waals surface area contributed by atoms with E-state index in [1.807, 2.05) is 41.5 Å². The van der Waals surface area contributed by atoms with Gasteiger partial charge in [-0.25, -0.2) is 14.4 Å². The Kier molecular flexibility index (Phi) is 16.0. The first kappa shape index (κ1) is 52.4. The maximum Gasteiger partial charge on any atom is 0.339 e. The maximum absolute atomic E-state index is 16.8. The van der Waals surface area contributed by atoms with Crippen molar-refractivity contribution < 1.29 is 58.3 Å². The van der Waals surface area contributed by atoms with Gasteiger partial charge in [-0.15, -0.1) is 0 Å². The molecule has 72 heavy (non-hydrogen) atoms. The molecule has 7 rings (SSSR count). The summed E-state index contributed by atoms with van der Waals surface area (Å²) in [5.74, 6) is -8.66. The van der Waals surface area contributed by atoms with Gasteiger partial charge in [0.15, 0.2) is 0 Å². The second kappa shape index (κ2) is 21.9. The first-order valence-electron chi connectivity index (χ1n) is 24.5. The van der Waals surface area contributed by atoms with Crippen LogP contribution in [0.2, 0.25) is 0 Å². The van der Waals surface area contributed by atoms with Gasteiger partial charge in [-0.1, -0.05) is 151 Å². The zero-order valence-corrected chi connectivity index (χ0v) is 41.3. The Balaban J connectivity index is 1.72. The Hall–Kier alpha value is -7.38. The van der Waals surface area contributed by atoms with Crippen molar-refractivity contribution in [1.29, 1.82) is 0 Å². The third kappa shape index (κ3) is 9.33. The smallest absolute Gasteiger partial charge is 0.339 e. The Morgan fingerprint density at radius 1 is 0.333 bits per heavy atom. The van der Waals surface area contributed by atoms with E-state index in [1.54, 1.807) is 72.8 Å². The summed E-state index contributed by atoms with van der Waals surface area (Å²) in [5, 5.41) is 38.8. The van der Waals surface area contributed by atoms with Crippen LogP contribution in [0.15, 0.2) is 146 Å². The highest BCUT2D eigenvalue weighted by molar-refractivity contribution is 6.21. The number of esters is 3. The monoisotopic (exact) mass is 972 g/mol. The Labute approximate surface area is 419 Å². The topological polar surface area (TPSA) is 191 Å². The van der Waals surface area contributed by atoms with Gasteiger partial charge in [-0.2, -0.15) is 0 Å². The largest absolute Gasteiger partial charge is 0.439 e. The lowest BCUT2D eigenvalue weighted by molar-refractivity contribution is -0.293. The molecule has 0 amide bonds. The van der Waals surface area contributed by atoms with E-state index in [-0.39, 0.29) is 27.8 Å². The Morgan fingerprint density at radius 3 is 0.778 bits per heavy atom. The maximum atomic E-state index is 16.8. The molecular formula is C60H60O12. The lowest BCUT2D eigenvalue weighted by Crippen LogP contribution is -2.91. The predicted octanol–water partition coefficient (Wildman–Crippen LogP) is 8.89. The number of aryl methyl sites for hydroxylation is 6. The molecule has 0 unspecified atom stereocenters. The van der Waals surface area contributed by atoms with Crippen LogP contribution < -0.4 is 0 Å². The van der Waals surface area contributed by atoms with Gasteiger partial charge in [0.25, 0.3) is 16.8 Å². The van der Waals surface area contributed by atoms with Crippen molar-refractivity contribution in [3.63, 3.8) is 0 Å². The van der Waals surface area contributed by atoms with E-state index < -0.39 is 75.9 Å². The SMILES string of the molecule is CCc1ccc(C(=O)O[C@@]2(C(=O)c3ccc(CC)cc3)[C@@](OC(=O)c3ccc(CC)cc3)(C(=O)c3ccc(CC)cc3)[C@@H](O)[C@H](O)[C@@H](O)[C@@]2(OC(=O)c2ccc(CC)cc2)C(=O)c2ccc(CC)cc2)cc1. The third-order valence-electron chi connectivity index (χ3n) is 13.9. The lowest BCUT2D eigenvalue weighted by Gasteiger charge is -2.60. The Bertz CT molecular complexity index is 2780. The summed E-state index contributed by atoms with van der Waals surface area (Å²) in [6.45, 7) is 11.2. The van der Waals surface area contributed by atoms with E-state index in [9.17, 15) is 15.3 Å². The molecule has 6 atom stereocenters. The number of aliphatic hydroxyl groups excluding tert-OH is 3. The number of hydrogen-bond donors (Lipinski definition) is 3. The average Bonchev–Trinajstić information content (AvgIpc) is 3.43. The normalized spacial score (nSPS) is 21.5. The number of Topliss-reactive ketones (excluding diaryl/α,β-unsaturated/α-hetero) is 3. The fourth-order valence-corrected chi connectivity index (χ4v) is 9.37. The molecule has 0 saturated heterocycles. The first-order chi connectivity index (χ1) is 34.6. The summed E-state index contributed by atoms with van der Waals surface area (Å²) in [6, 6.07) is 35.1. The third-order valence-corrected chi connectivity index (χ3v) is 13.9. The van der Waals surface area contributed by atoms with Gasteiger partial charge in [0.2, 0.25) is 17.3 Å². The zero-order valence-electron chi connectivity index (χ0n) is 41.3. The van der Waals surface area contributed by atoms with Gasteiger partial charge in [0, 0.05) is 16.7 Å². The van der Waals surface area contributed by atoms with Crippen LogP contribution in [0.3, 0.4) is 0 Å². The van der Waals surface area contributed by atoms with Gasteiger partial charge in [-0.05, 0) is 108 Å². The summed E-state index contributed by atoms with van der Waals surface area (Å²) in [5.41, 5.74) is -8.90. The fraction of sp³-hybridized carbons (Fsp3) is 0.300. The van der Waals surface area contributed by atoms with E-state index in [0.29, 0.717) is 44.1 Å². The van der Waals surface area contributed by atoms with Gasteiger partial charge in [0.1, 0.15) is 18.3 Å². The number of carbonyl (C=O) groups is 6. The number of aliphatic hydroxyl groups is 3. The second-order valence-electron chi connectivity index (χ2n) is 18.0. The number of ether oxygens (including phenoxy) is 3. The molecule has 372 valence electrons. The van der Waals surface area contributed by atoms with Crippen LogP contribution in [-0.2, 0) is 52.7 Å². The number of rotatable bonds is 18. The van der Waals surface area contributed by atoms with Gasteiger partial charge in [-0.3, -0.25) is 14.4 Å². The van der Waals surface area contributed by atoms with Crippen molar-refractivity contribution in [3.8, 4) is 0 Å². The molecule has 0 bridgehead atoms. The average molecular weight is 973 g/mol. The molecule has 0 radical (unpaired) electrons. The number of benzene rings is 6. The summed E-state index contributed by atoms with van der Waals surface area (Å²) < 4.78 is 19.6. The molecular weight excluding hydrogens is 913 g/mol. The molecule has 0 aliphatic heterocycles. The highest BCUT2D eigenvalue weighted by Gasteiger charge is 2.88. The summed E-state index contributed by atoms with van der Waals surface area (Å²) in [4.78, 5) is 95.5. The van der Waals surface area contributed by atoms with Crippen LogP contribution >= 0.6 is 0 Å². The second-order valence-corrected chi connectivity index (χ2v) is 18.0. The molecule has 1 aliphatic carbocycles. The van der Waals surface area contributed by atoms with Crippen LogP contribution in [0, 0.1) is 0 Å². The molecule has 1 aliphatic rings.